The Bertz CT molecular complexity index is 1030. The highest BCUT2D eigenvalue weighted by molar-refractivity contribution is 6.30. The monoisotopic (exact) mass is 412 g/mol. The van der Waals surface area contributed by atoms with Crippen molar-refractivity contribution in [1.29, 1.82) is 0 Å². The summed E-state index contributed by atoms with van der Waals surface area (Å²) in [6.07, 6.45) is 0.247. The number of anilines is 2. The molecule has 0 unspecified atom stereocenters. The van der Waals surface area contributed by atoms with E-state index in [0.29, 0.717) is 28.8 Å². The molecule has 4 rings (SSSR count). The fourth-order valence-electron chi connectivity index (χ4n) is 3.11. The van der Waals surface area contributed by atoms with Crippen LogP contribution in [-0.4, -0.2) is 35.7 Å². The van der Waals surface area contributed by atoms with Gasteiger partial charge in [0.15, 0.2) is 0 Å². The maximum Gasteiger partial charge on any atom is 0.322 e. The van der Waals surface area contributed by atoms with Crippen LogP contribution < -0.4 is 15.0 Å². The Balaban J connectivity index is 1.42. The molecule has 0 saturated carbocycles. The van der Waals surface area contributed by atoms with Gasteiger partial charge in [-0.25, -0.2) is 0 Å². The van der Waals surface area contributed by atoms with Crippen molar-refractivity contribution in [2.24, 2.45) is 0 Å². The van der Waals surface area contributed by atoms with E-state index in [2.05, 4.69) is 15.5 Å². The van der Waals surface area contributed by atoms with Crippen molar-refractivity contribution >= 4 is 35.1 Å². The summed E-state index contributed by atoms with van der Waals surface area (Å²) >= 11 is 5.91. The van der Waals surface area contributed by atoms with E-state index < -0.39 is 0 Å². The molecule has 0 aliphatic carbocycles. The van der Waals surface area contributed by atoms with Gasteiger partial charge in [-0.1, -0.05) is 16.7 Å². The molecule has 1 fully saturated rings. The number of nitrogens with zero attached hydrogens (tertiary/aromatic N) is 3. The van der Waals surface area contributed by atoms with Gasteiger partial charge in [-0.2, -0.15) is 0 Å². The van der Waals surface area contributed by atoms with Crippen molar-refractivity contribution in [2.45, 2.75) is 12.3 Å². The van der Waals surface area contributed by atoms with Crippen LogP contribution in [0.15, 0.2) is 52.9 Å². The molecule has 1 aliphatic rings. The Morgan fingerprint density at radius 2 is 1.90 bits per heavy atom. The van der Waals surface area contributed by atoms with Crippen LogP contribution in [0.2, 0.25) is 5.02 Å². The van der Waals surface area contributed by atoms with Gasteiger partial charge < -0.3 is 14.1 Å². The minimum Gasteiger partial charge on any atom is -0.497 e. The molecular formula is C20H17ClN4O4. The third-order valence-corrected chi connectivity index (χ3v) is 4.88. The summed E-state index contributed by atoms with van der Waals surface area (Å²) in [5, 5.41) is 11.0. The fourth-order valence-corrected chi connectivity index (χ4v) is 3.23. The molecule has 3 aromatic rings. The zero-order valence-corrected chi connectivity index (χ0v) is 16.2. The van der Waals surface area contributed by atoms with E-state index in [1.165, 1.54) is 0 Å². The van der Waals surface area contributed by atoms with Crippen LogP contribution in [-0.2, 0) is 4.79 Å². The highest BCUT2D eigenvalue weighted by atomic mass is 35.5. The van der Waals surface area contributed by atoms with Gasteiger partial charge in [-0.05, 0) is 48.5 Å². The number of nitrogens with one attached hydrogen (secondary N) is 1. The van der Waals surface area contributed by atoms with E-state index in [1.54, 1.807) is 60.5 Å². The summed E-state index contributed by atoms with van der Waals surface area (Å²) in [5.74, 6) is 0.280. The van der Waals surface area contributed by atoms with Crippen LogP contribution in [0.1, 0.15) is 28.6 Å². The molecule has 1 saturated heterocycles. The van der Waals surface area contributed by atoms with Gasteiger partial charge in [-0.15, -0.1) is 5.10 Å². The lowest BCUT2D eigenvalue weighted by molar-refractivity contribution is -0.117. The Kier molecular flexibility index (Phi) is 5.18. The molecule has 0 bridgehead atoms. The normalized spacial score (nSPS) is 16.1. The van der Waals surface area contributed by atoms with Crippen LogP contribution in [0.4, 0.5) is 11.7 Å². The van der Waals surface area contributed by atoms with Gasteiger partial charge in [-0.3, -0.25) is 14.9 Å². The molecule has 0 spiro atoms. The predicted octanol–water partition coefficient (Wildman–Crippen LogP) is 3.50. The number of ether oxygens (including phenoxy) is 1. The number of hydrogen-bond acceptors (Lipinski definition) is 6. The fraction of sp³-hybridized carbons (Fsp3) is 0.200. The number of benzene rings is 2. The van der Waals surface area contributed by atoms with E-state index in [0.717, 1.165) is 5.69 Å². The zero-order chi connectivity index (χ0) is 20.4. The van der Waals surface area contributed by atoms with Crippen molar-refractivity contribution in [1.82, 2.24) is 10.2 Å². The van der Waals surface area contributed by atoms with Gasteiger partial charge in [0.2, 0.25) is 11.8 Å². The molecule has 2 aromatic carbocycles. The van der Waals surface area contributed by atoms with E-state index in [9.17, 15) is 9.59 Å². The molecule has 1 aromatic heterocycles. The number of aromatic nitrogens is 2. The quantitative estimate of drug-likeness (QED) is 0.688. The largest absolute Gasteiger partial charge is 0.497 e. The first-order valence-electron chi connectivity index (χ1n) is 8.88. The maximum absolute atomic E-state index is 12.4. The van der Waals surface area contributed by atoms with E-state index in [1.807, 2.05) is 0 Å². The first-order valence-corrected chi connectivity index (χ1v) is 9.26. The Morgan fingerprint density at radius 1 is 1.17 bits per heavy atom. The Morgan fingerprint density at radius 3 is 2.59 bits per heavy atom. The maximum atomic E-state index is 12.4. The molecular weight excluding hydrogens is 396 g/mol. The van der Waals surface area contributed by atoms with Gasteiger partial charge in [0, 0.05) is 29.2 Å². The van der Waals surface area contributed by atoms with Crippen molar-refractivity contribution in [3.8, 4) is 5.75 Å². The van der Waals surface area contributed by atoms with Crippen LogP contribution >= 0.6 is 11.6 Å². The number of halogens is 1. The smallest absolute Gasteiger partial charge is 0.322 e. The minimum absolute atomic E-state index is 0.0155. The molecule has 2 heterocycles. The second kappa shape index (κ2) is 7.92. The Hall–Kier alpha value is -3.39. The second-order valence-corrected chi connectivity index (χ2v) is 6.95. The van der Waals surface area contributed by atoms with Crippen LogP contribution in [0.25, 0.3) is 0 Å². The summed E-state index contributed by atoms with van der Waals surface area (Å²) in [4.78, 5) is 26.3. The molecule has 2 amide bonds. The zero-order valence-electron chi connectivity index (χ0n) is 15.5. The van der Waals surface area contributed by atoms with Crippen molar-refractivity contribution in [3.05, 3.63) is 65.0 Å². The third-order valence-electron chi connectivity index (χ3n) is 4.63. The number of rotatable bonds is 5. The SMILES string of the molecule is COc1ccc(C(=O)Nc2nnc([C@@H]3CC(=O)N(c4ccc(Cl)cc4)C3)o2)cc1. The average molecular weight is 413 g/mol. The lowest BCUT2D eigenvalue weighted by atomic mass is 10.1. The number of carbonyl (C=O) groups is 2. The summed E-state index contributed by atoms with van der Waals surface area (Å²) in [6.45, 7) is 0.411. The number of hydrogen-bond donors (Lipinski definition) is 1. The topological polar surface area (TPSA) is 97.6 Å². The lowest BCUT2D eigenvalue weighted by Gasteiger charge is -2.16. The van der Waals surface area contributed by atoms with Crippen LogP contribution in [0, 0.1) is 0 Å². The minimum atomic E-state index is -0.381. The summed E-state index contributed by atoms with van der Waals surface area (Å²) < 4.78 is 10.6. The van der Waals surface area contributed by atoms with Gasteiger partial charge in [0.25, 0.3) is 5.91 Å². The first kappa shape index (κ1) is 18.9. The van der Waals surface area contributed by atoms with Crippen molar-refractivity contribution in [3.63, 3.8) is 0 Å². The molecule has 8 nitrogen and oxygen atoms in total. The summed E-state index contributed by atoms with van der Waals surface area (Å²) in [5.41, 5.74) is 1.19. The van der Waals surface area contributed by atoms with Gasteiger partial charge >= 0.3 is 6.01 Å². The second-order valence-electron chi connectivity index (χ2n) is 6.51. The molecule has 148 valence electrons. The van der Waals surface area contributed by atoms with E-state index in [4.69, 9.17) is 20.8 Å². The van der Waals surface area contributed by atoms with E-state index in [-0.39, 0.29) is 30.2 Å². The van der Waals surface area contributed by atoms with Gasteiger partial charge in [0.1, 0.15) is 5.75 Å². The van der Waals surface area contributed by atoms with E-state index >= 15 is 0 Å². The molecule has 0 radical (unpaired) electrons. The van der Waals surface area contributed by atoms with Crippen LogP contribution in [0.5, 0.6) is 5.75 Å². The first-order chi connectivity index (χ1) is 14.0. The highest BCUT2D eigenvalue weighted by Gasteiger charge is 2.35. The molecule has 1 N–H and O–H groups in total. The molecule has 1 aliphatic heterocycles. The summed E-state index contributed by atoms with van der Waals surface area (Å²) in [6, 6.07) is 13.7. The molecule has 9 heteroatoms. The van der Waals surface area contributed by atoms with Crippen LogP contribution in [0.3, 0.4) is 0 Å². The number of amides is 2. The lowest BCUT2D eigenvalue weighted by Crippen LogP contribution is -2.24. The van der Waals surface area contributed by atoms with Crippen molar-refractivity contribution < 1.29 is 18.7 Å². The highest BCUT2D eigenvalue weighted by Crippen LogP contribution is 2.32. The Labute approximate surface area is 171 Å². The average Bonchev–Trinajstić information content (AvgIpc) is 3.35. The molecule has 29 heavy (non-hydrogen) atoms. The number of carbonyl (C=O) groups excluding carboxylic acids is 2. The third kappa shape index (κ3) is 4.07. The van der Waals surface area contributed by atoms with Gasteiger partial charge in [0.05, 0.1) is 13.0 Å². The number of methoxy groups -OCH3 is 1. The van der Waals surface area contributed by atoms with Crippen molar-refractivity contribution in [2.75, 3.05) is 23.9 Å². The molecule has 1 atom stereocenters. The predicted molar refractivity (Wildman–Crippen MR) is 106 cm³/mol. The standard InChI is InChI=1S/C20H17ClN4O4/c1-28-16-8-2-12(3-9-16)18(27)22-20-24-23-19(29-20)13-10-17(26)25(11-13)15-6-4-14(21)5-7-15/h2-9,13H,10-11H2,1H3,(H,22,24,27)/t13-/m1/s1. The summed E-state index contributed by atoms with van der Waals surface area (Å²) in [7, 11) is 1.55.